The molecule has 0 aromatic carbocycles. The Morgan fingerprint density at radius 1 is 1.73 bits per heavy atom. The van der Waals surface area contributed by atoms with Crippen LogP contribution in [0.2, 0.25) is 0 Å². The van der Waals surface area contributed by atoms with Gasteiger partial charge in [0, 0.05) is 12.1 Å². The number of nitrogens with one attached hydrogen (secondary N) is 1. The lowest BCUT2D eigenvalue weighted by molar-refractivity contribution is 0.516. The molecule has 0 bridgehead atoms. The molecule has 0 atom stereocenters. The number of nitriles is 1. The molecule has 0 amide bonds. The van der Waals surface area contributed by atoms with Gasteiger partial charge in [0.05, 0.1) is 0 Å². The number of hydrogen-bond acceptors (Lipinski definition) is 2. The van der Waals surface area contributed by atoms with Crippen molar-refractivity contribution in [1.29, 1.82) is 5.26 Å². The Labute approximate surface area is 64.1 Å². The van der Waals surface area contributed by atoms with Crippen molar-refractivity contribution in [2.45, 2.75) is 19.9 Å². The van der Waals surface area contributed by atoms with Gasteiger partial charge in [-0.1, -0.05) is 0 Å². The van der Waals surface area contributed by atoms with E-state index < -0.39 is 0 Å². The van der Waals surface area contributed by atoms with Gasteiger partial charge in [0.15, 0.2) is 0 Å². The molecule has 0 saturated heterocycles. The molecule has 0 spiro atoms. The van der Waals surface area contributed by atoms with E-state index in [1.807, 2.05) is 19.9 Å². The van der Waals surface area contributed by atoms with Gasteiger partial charge in [-0.2, -0.15) is 5.26 Å². The highest BCUT2D eigenvalue weighted by atomic mass is 16.1. The first kappa shape index (κ1) is 7.61. The SMILES string of the molecule is CC(C)n1[nH]c(C#N)cc1=O. The number of aromatic nitrogens is 2. The predicted octanol–water partition coefficient (Wildman–Crippen LogP) is 0.629. The Kier molecular flexibility index (Phi) is 1.81. The number of nitrogens with zero attached hydrogens (tertiary/aromatic N) is 2. The summed E-state index contributed by atoms with van der Waals surface area (Å²) in [5.41, 5.74) is 0.153. The summed E-state index contributed by atoms with van der Waals surface area (Å²) in [4.78, 5) is 11.0. The zero-order valence-corrected chi connectivity index (χ0v) is 6.46. The maximum Gasteiger partial charge on any atom is 0.268 e. The van der Waals surface area contributed by atoms with E-state index in [0.29, 0.717) is 5.69 Å². The van der Waals surface area contributed by atoms with E-state index in [1.54, 1.807) is 0 Å². The third-order valence-corrected chi connectivity index (χ3v) is 1.38. The highest BCUT2D eigenvalue weighted by Crippen LogP contribution is 1.97. The molecule has 0 aliphatic rings. The van der Waals surface area contributed by atoms with Crippen molar-refractivity contribution in [3.8, 4) is 6.07 Å². The summed E-state index contributed by atoms with van der Waals surface area (Å²) in [6.07, 6.45) is 0. The minimum absolute atomic E-state index is 0.0737. The van der Waals surface area contributed by atoms with Crippen molar-refractivity contribution in [3.05, 3.63) is 22.1 Å². The lowest BCUT2D eigenvalue weighted by atomic mass is 10.4. The highest BCUT2D eigenvalue weighted by molar-refractivity contribution is 5.16. The average molecular weight is 151 g/mol. The molecule has 0 aliphatic carbocycles. The molecular formula is C7H9N3O. The third kappa shape index (κ3) is 1.32. The monoisotopic (exact) mass is 151 g/mol. The first-order chi connectivity index (χ1) is 5.15. The van der Waals surface area contributed by atoms with E-state index in [4.69, 9.17) is 5.26 Å². The van der Waals surface area contributed by atoms with E-state index in [0.717, 1.165) is 0 Å². The number of H-pyrrole nitrogens is 1. The van der Waals surface area contributed by atoms with Crippen LogP contribution in [0.5, 0.6) is 0 Å². The quantitative estimate of drug-likeness (QED) is 0.639. The van der Waals surface area contributed by atoms with E-state index in [9.17, 15) is 4.79 Å². The van der Waals surface area contributed by atoms with Gasteiger partial charge in [0.2, 0.25) is 0 Å². The van der Waals surface area contributed by atoms with Crippen LogP contribution in [-0.2, 0) is 0 Å². The minimum Gasteiger partial charge on any atom is -0.285 e. The fourth-order valence-electron chi connectivity index (χ4n) is 0.851. The van der Waals surface area contributed by atoms with Crippen LogP contribution in [0.3, 0.4) is 0 Å². The standard InChI is InChI=1S/C7H9N3O/c1-5(2)10-7(11)3-6(4-8)9-10/h3,5,9H,1-2H3. The topological polar surface area (TPSA) is 61.6 Å². The molecule has 11 heavy (non-hydrogen) atoms. The molecule has 0 unspecified atom stereocenters. The summed E-state index contributed by atoms with van der Waals surface area (Å²) < 4.78 is 1.42. The molecule has 1 aromatic rings. The minimum atomic E-state index is -0.156. The second kappa shape index (κ2) is 2.62. The second-order valence-corrected chi connectivity index (χ2v) is 2.58. The fraction of sp³-hybridized carbons (Fsp3) is 0.429. The van der Waals surface area contributed by atoms with Crippen LogP contribution in [0.25, 0.3) is 0 Å². The summed E-state index contributed by atoms with van der Waals surface area (Å²) >= 11 is 0. The van der Waals surface area contributed by atoms with Gasteiger partial charge >= 0.3 is 0 Å². The zero-order valence-electron chi connectivity index (χ0n) is 6.46. The van der Waals surface area contributed by atoms with Gasteiger partial charge in [0.1, 0.15) is 11.8 Å². The second-order valence-electron chi connectivity index (χ2n) is 2.58. The van der Waals surface area contributed by atoms with Gasteiger partial charge in [-0.05, 0) is 13.8 Å². The third-order valence-electron chi connectivity index (χ3n) is 1.38. The summed E-state index contributed by atoms with van der Waals surface area (Å²) in [5.74, 6) is 0. The van der Waals surface area contributed by atoms with Gasteiger partial charge in [0.25, 0.3) is 5.56 Å². The molecule has 1 rings (SSSR count). The van der Waals surface area contributed by atoms with Crippen molar-refractivity contribution >= 4 is 0 Å². The number of rotatable bonds is 1. The van der Waals surface area contributed by atoms with Crippen molar-refractivity contribution in [2.75, 3.05) is 0 Å². The Morgan fingerprint density at radius 2 is 2.36 bits per heavy atom. The fourth-order valence-corrected chi connectivity index (χ4v) is 0.851. The summed E-state index contributed by atoms with van der Waals surface area (Å²) in [6.45, 7) is 3.75. The molecular weight excluding hydrogens is 142 g/mol. The Bertz CT molecular complexity index is 339. The molecule has 0 radical (unpaired) electrons. The molecule has 4 heteroatoms. The summed E-state index contributed by atoms with van der Waals surface area (Å²) in [6, 6.07) is 3.23. The molecule has 1 N–H and O–H groups in total. The van der Waals surface area contributed by atoms with Gasteiger partial charge in [-0.3, -0.25) is 9.89 Å². The molecule has 0 fully saturated rings. The van der Waals surface area contributed by atoms with Crippen LogP contribution in [0.15, 0.2) is 10.9 Å². The van der Waals surface area contributed by atoms with Gasteiger partial charge < -0.3 is 0 Å². The van der Waals surface area contributed by atoms with Gasteiger partial charge in [-0.15, -0.1) is 0 Å². The summed E-state index contributed by atoms with van der Waals surface area (Å²) in [7, 11) is 0. The van der Waals surface area contributed by atoms with Crippen LogP contribution in [0.4, 0.5) is 0 Å². The van der Waals surface area contributed by atoms with E-state index in [-0.39, 0.29) is 11.6 Å². The lowest BCUT2D eigenvalue weighted by Crippen LogP contribution is -2.17. The van der Waals surface area contributed by atoms with Crippen molar-refractivity contribution in [2.24, 2.45) is 0 Å². The first-order valence-corrected chi connectivity index (χ1v) is 3.37. The van der Waals surface area contributed by atoms with Crippen LogP contribution in [-0.4, -0.2) is 9.78 Å². The van der Waals surface area contributed by atoms with Crippen molar-refractivity contribution in [3.63, 3.8) is 0 Å². The van der Waals surface area contributed by atoms with Crippen LogP contribution in [0.1, 0.15) is 25.6 Å². The Morgan fingerprint density at radius 3 is 2.64 bits per heavy atom. The van der Waals surface area contributed by atoms with Crippen molar-refractivity contribution in [1.82, 2.24) is 9.78 Å². The molecule has 0 saturated carbocycles. The maximum absolute atomic E-state index is 11.0. The highest BCUT2D eigenvalue weighted by Gasteiger charge is 2.03. The number of hydrogen-bond donors (Lipinski definition) is 1. The predicted molar refractivity (Wildman–Crippen MR) is 40.2 cm³/mol. The largest absolute Gasteiger partial charge is 0.285 e. The normalized spacial score (nSPS) is 10.0. The Balaban J connectivity index is 3.21. The molecule has 1 aromatic heterocycles. The lowest BCUT2D eigenvalue weighted by Gasteiger charge is -2.02. The molecule has 0 aliphatic heterocycles. The van der Waals surface area contributed by atoms with Crippen molar-refractivity contribution < 1.29 is 0 Å². The first-order valence-electron chi connectivity index (χ1n) is 3.37. The van der Waals surface area contributed by atoms with Crippen LogP contribution < -0.4 is 5.56 Å². The number of aromatic amines is 1. The Hall–Kier alpha value is -1.50. The zero-order chi connectivity index (χ0) is 8.43. The van der Waals surface area contributed by atoms with Gasteiger partial charge in [-0.25, -0.2) is 4.68 Å². The van der Waals surface area contributed by atoms with E-state index in [2.05, 4.69) is 5.10 Å². The molecule has 58 valence electrons. The van der Waals surface area contributed by atoms with Crippen LogP contribution >= 0.6 is 0 Å². The van der Waals surface area contributed by atoms with E-state index >= 15 is 0 Å². The maximum atomic E-state index is 11.0. The molecule has 4 nitrogen and oxygen atoms in total. The smallest absolute Gasteiger partial charge is 0.268 e. The summed E-state index contributed by atoms with van der Waals surface area (Å²) in [5, 5.41) is 11.1. The molecule has 1 heterocycles. The van der Waals surface area contributed by atoms with E-state index in [1.165, 1.54) is 10.7 Å². The van der Waals surface area contributed by atoms with Crippen LogP contribution in [0, 0.1) is 11.3 Å². The average Bonchev–Trinajstić information content (AvgIpc) is 2.30.